The van der Waals surface area contributed by atoms with Crippen LogP contribution >= 0.6 is 0 Å². The van der Waals surface area contributed by atoms with Gasteiger partial charge in [0, 0.05) is 23.4 Å². The molecule has 2 fully saturated rings. The molecule has 0 radical (unpaired) electrons. The van der Waals surface area contributed by atoms with Crippen molar-refractivity contribution in [3.63, 3.8) is 0 Å². The molecule has 2 saturated carbocycles. The molecule has 4 aliphatic carbocycles. The van der Waals surface area contributed by atoms with Gasteiger partial charge in [-0.1, -0.05) is 36.8 Å². The predicted octanol–water partition coefficient (Wildman–Crippen LogP) is 8.44. The first kappa shape index (κ1) is 34.8. The third-order valence-electron chi connectivity index (χ3n) is 11.2. The van der Waals surface area contributed by atoms with Gasteiger partial charge in [0.1, 0.15) is 12.2 Å². The lowest BCUT2D eigenvalue weighted by atomic mass is 9.50. The van der Waals surface area contributed by atoms with E-state index in [0.717, 1.165) is 16.7 Å². The number of fused-ring (bicyclic) bond motifs is 4. The summed E-state index contributed by atoms with van der Waals surface area (Å²) in [6, 6.07) is 13.0. The number of hydrogen-bond donors (Lipinski definition) is 2. The summed E-state index contributed by atoms with van der Waals surface area (Å²) in [6.45, 7) is 3.21. The van der Waals surface area contributed by atoms with Crippen molar-refractivity contribution in [1.29, 1.82) is 0 Å². The second kappa shape index (κ2) is 12.7. The quantitative estimate of drug-likeness (QED) is 0.224. The summed E-state index contributed by atoms with van der Waals surface area (Å²) in [5.74, 6) is -7.25. The Morgan fingerprint density at radius 3 is 2.31 bits per heavy atom. The molecule has 2 N–H and O–H groups in total. The van der Waals surface area contributed by atoms with E-state index < -0.39 is 53.4 Å². The lowest BCUT2D eigenvalue weighted by Gasteiger charge is -2.56. The molecular weight excluding hydrogens is 649 g/mol. The van der Waals surface area contributed by atoms with Crippen molar-refractivity contribution in [2.24, 2.45) is 17.3 Å². The van der Waals surface area contributed by atoms with E-state index in [9.17, 15) is 32.7 Å². The van der Waals surface area contributed by atoms with Crippen molar-refractivity contribution in [1.82, 2.24) is 0 Å². The standard InChI is InChI=1S/C37H38F5NO6/c1-3-48-32(45)23-8-11-25(12-9-23)43-33(46)49-20-21-4-6-22(7-5-21)29-19-34(2)30(16-17-35(34,47)36(38,39)37(40,41)42)28-14-10-24-18-26(44)13-15-27(24)31(28)29/h4-9,11-12,18,28-30,47H,3,10,13-17,19-20H2,1-2H3,(H,43,46)/t28?,29-,30?,34+,35+/m1/s1. The van der Waals surface area contributed by atoms with Crippen LogP contribution in [0.5, 0.6) is 0 Å². The van der Waals surface area contributed by atoms with Crippen LogP contribution in [-0.2, 0) is 20.9 Å². The maximum absolute atomic E-state index is 15.2. The van der Waals surface area contributed by atoms with Gasteiger partial charge in [-0.3, -0.25) is 10.1 Å². The molecule has 0 aromatic heterocycles. The zero-order valence-corrected chi connectivity index (χ0v) is 27.2. The van der Waals surface area contributed by atoms with Gasteiger partial charge in [-0.25, -0.2) is 9.59 Å². The molecule has 1 amide bonds. The summed E-state index contributed by atoms with van der Waals surface area (Å²) in [5, 5.41) is 14.0. The molecule has 2 aromatic carbocycles. The van der Waals surface area contributed by atoms with Crippen LogP contribution in [0.3, 0.4) is 0 Å². The van der Waals surface area contributed by atoms with Crippen molar-refractivity contribution in [3.05, 3.63) is 88.0 Å². The Morgan fingerprint density at radius 1 is 0.959 bits per heavy atom. The zero-order chi connectivity index (χ0) is 35.4. The van der Waals surface area contributed by atoms with Crippen LogP contribution in [0, 0.1) is 17.3 Å². The lowest BCUT2D eigenvalue weighted by molar-refractivity contribution is -0.362. The minimum atomic E-state index is -5.92. The van der Waals surface area contributed by atoms with Gasteiger partial charge in [-0.2, -0.15) is 22.0 Å². The molecule has 0 bridgehead atoms. The second-order valence-electron chi connectivity index (χ2n) is 13.7. The van der Waals surface area contributed by atoms with E-state index in [4.69, 9.17) is 9.47 Å². The van der Waals surface area contributed by atoms with Crippen molar-refractivity contribution in [2.45, 2.75) is 89.0 Å². The fourth-order valence-corrected chi connectivity index (χ4v) is 8.77. The third-order valence-corrected chi connectivity index (χ3v) is 11.2. The van der Waals surface area contributed by atoms with Crippen LogP contribution in [-0.4, -0.2) is 47.3 Å². The molecule has 6 rings (SSSR count). The summed E-state index contributed by atoms with van der Waals surface area (Å²) >= 11 is 0. The van der Waals surface area contributed by atoms with E-state index >= 15 is 8.78 Å². The number of ketones is 1. The minimum Gasteiger partial charge on any atom is -0.462 e. The fourth-order valence-electron chi connectivity index (χ4n) is 8.77. The maximum atomic E-state index is 15.2. The SMILES string of the molecule is CCOC(=O)c1ccc(NC(=O)OCc2ccc([C@H]3C[C@@]4(C)C(CC[C@@]4(O)C(F)(F)C(F)(F)F)C4CCC5=CC(=O)CCC5=C43)cc2)cc1. The molecule has 12 heteroatoms. The fraction of sp³-hybridized carbons (Fsp3) is 0.486. The van der Waals surface area contributed by atoms with E-state index in [1.54, 1.807) is 37.3 Å². The number of benzene rings is 2. The van der Waals surface area contributed by atoms with E-state index in [2.05, 4.69) is 5.32 Å². The van der Waals surface area contributed by atoms with Gasteiger partial charge >= 0.3 is 24.2 Å². The summed E-state index contributed by atoms with van der Waals surface area (Å²) in [5.41, 5.74) is -0.141. The van der Waals surface area contributed by atoms with Gasteiger partial charge in [0.25, 0.3) is 0 Å². The Morgan fingerprint density at radius 2 is 1.65 bits per heavy atom. The van der Waals surface area contributed by atoms with Crippen molar-refractivity contribution >= 4 is 23.5 Å². The number of nitrogens with one attached hydrogen (secondary N) is 1. The molecule has 0 heterocycles. The van der Waals surface area contributed by atoms with Gasteiger partial charge in [0.2, 0.25) is 0 Å². The Hall–Kier alpha value is -4.06. The highest BCUT2D eigenvalue weighted by atomic mass is 19.4. The second-order valence-corrected chi connectivity index (χ2v) is 13.7. The average molecular weight is 688 g/mol. The topological polar surface area (TPSA) is 102 Å². The first-order chi connectivity index (χ1) is 23.1. The van der Waals surface area contributed by atoms with Crippen LogP contribution in [0.25, 0.3) is 0 Å². The van der Waals surface area contributed by atoms with Crippen LogP contribution in [0.1, 0.15) is 86.2 Å². The number of amides is 1. The number of anilines is 1. The summed E-state index contributed by atoms with van der Waals surface area (Å²) < 4.78 is 82.2. The third kappa shape index (κ3) is 5.95. The number of ether oxygens (including phenoxy) is 2. The van der Waals surface area contributed by atoms with Crippen molar-refractivity contribution in [2.75, 3.05) is 11.9 Å². The van der Waals surface area contributed by atoms with Crippen LogP contribution in [0.4, 0.5) is 32.4 Å². The number of carbonyl (C=O) groups is 3. The van der Waals surface area contributed by atoms with Crippen LogP contribution in [0.2, 0.25) is 0 Å². The van der Waals surface area contributed by atoms with Gasteiger partial charge in [0.05, 0.1) is 12.2 Å². The number of rotatable bonds is 7. The predicted molar refractivity (Wildman–Crippen MR) is 169 cm³/mol. The number of aliphatic hydroxyl groups is 1. The molecule has 7 nitrogen and oxygen atoms in total. The number of esters is 1. The molecule has 2 aromatic rings. The van der Waals surface area contributed by atoms with E-state index in [1.807, 2.05) is 0 Å². The Kier molecular flexibility index (Phi) is 9.00. The van der Waals surface area contributed by atoms with Crippen molar-refractivity contribution in [3.8, 4) is 0 Å². The van der Waals surface area contributed by atoms with E-state index in [-0.39, 0.29) is 37.8 Å². The smallest absolute Gasteiger partial charge is 0.456 e. The number of alkyl halides is 5. The summed E-state index contributed by atoms with van der Waals surface area (Å²) in [4.78, 5) is 36.6. The summed E-state index contributed by atoms with van der Waals surface area (Å²) in [7, 11) is 0. The summed E-state index contributed by atoms with van der Waals surface area (Å²) in [6.07, 6.45) is -3.97. The molecular formula is C37H38F5NO6. The normalized spacial score (nSPS) is 28.2. The molecule has 4 aliphatic rings. The van der Waals surface area contributed by atoms with E-state index in [0.29, 0.717) is 48.1 Å². The highest BCUT2D eigenvalue weighted by Gasteiger charge is 2.79. The Balaban J connectivity index is 1.25. The monoisotopic (exact) mass is 687 g/mol. The molecule has 2 unspecified atom stereocenters. The molecule has 0 saturated heterocycles. The Bertz CT molecular complexity index is 1700. The molecule has 5 atom stereocenters. The maximum Gasteiger partial charge on any atom is 0.456 e. The van der Waals surface area contributed by atoms with Crippen molar-refractivity contribution < 1.29 is 50.9 Å². The van der Waals surface area contributed by atoms with E-state index in [1.165, 1.54) is 31.2 Å². The van der Waals surface area contributed by atoms with Gasteiger partial charge in [-0.15, -0.1) is 0 Å². The lowest BCUT2D eigenvalue weighted by Crippen LogP contribution is -2.65. The molecule has 0 spiro atoms. The van der Waals surface area contributed by atoms with Crippen LogP contribution < -0.4 is 5.32 Å². The highest BCUT2D eigenvalue weighted by molar-refractivity contribution is 5.93. The number of hydrogen-bond acceptors (Lipinski definition) is 6. The highest BCUT2D eigenvalue weighted by Crippen LogP contribution is 2.70. The average Bonchev–Trinajstić information content (AvgIpc) is 3.34. The van der Waals surface area contributed by atoms with Gasteiger partial charge in [0.15, 0.2) is 5.78 Å². The number of carbonyl (C=O) groups excluding carboxylic acids is 3. The largest absolute Gasteiger partial charge is 0.462 e. The molecule has 262 valence electrons. The zero-order valence-electron chi connectivity index (χ0n) is 27.2. The number of allylic oxidation sites excluding steroid dienone is 4. The minimum absolute atomic E-state index is 0.0112. The van der Waals surface area contributed by atoms with Gasteiger partial charge in [-0.05, 0) is 110 Å². The first-order valence-corrected chi connectivity index (χ1v) is 16.5. The first-order valence-electron chi connectivity index (χ1n) is 16.5. The Labute approximate surface area is 280 Å². The molecule has 0 aliphatic heterocycles. The molecule has 49 heavy (non-hydrogen) atoms. The van der Waals surface area contributed by atoms with Crippen LogP contribution in [0.15, 0.2) is 71.3 Å². The van der Waals surface area contributed by atoms with Gasteiger partial charge < -0.3 is 14.6 Å². The number of halogens is 5.